The first-order valence-electron chi connectivity index (χ1n) is 7.26. The number of halogens is 1. The lowest BCUT2D eigenvalue weighted by molar-refractivity contribution is -0.120. The van der Waals surface area contributed by atoms with E-state index in [0.717, 1.165) is 16.9 Å². The summed E-state index contributed by atoms with van der Waals surface area (Å²) in [4.78, 5) is 12.0. The van der Waals surface area contributed by atoms with Crippen LogP contribution in [0.25, 0.3) is 0 Å². The summed E-state index contributed by atoms with van der Waals surface area (Å²) >= 11 is 0. The van der Waals surface area contributed by atoms with E-state index < -0.39 is 0 Å². The fourth-order valence-electron chi connectivity index (χ4n) is 2.46. The predicted octanol–water partition coefficient (Wildman–Crippen LogP) is 3.01. The lowest BCUT2D eigenvalue weighted by Crippen LogP contribution is -2.25. The second kappa shape index (κ2) is 7.63. The molecule has 2 rings (SSSR count). The third kappa shape index (κ3) is 4.22. The van der Waals surface area contributed by atoms with E-state index in [0.29, 0.717) is 17.9 Å². The average Bonchev–Trinajstić information content (AvgIpc) is 2.53. The summed E-state index contributed by atoms with van der Waals surface area (Å²) in [5.74, 6) is 0.904. The molecule has 0 heterocycles. The Balaban J connectivity index is 2.03. The van der Waals surface area contributed by atoms with E-state index in [4.69, 9.17) is 9.47 Å². The van der Waals surface area contributed by atoms with Crippen molar-refractivity contribution < 1.29 is 18.7 Å². The van der Waals surface area contributed by atoms with Crippen molar-refractivity contribution in [2.45, 2.75) is 19.9 Å². The Hall–Kier alpha value is -2.56. The number of nitrogens with one attached hydrogen (secondary N) is 1. The van der Waals surface area contributed by atoms with Crippen molar-refractivity contribution in [1.82, 2.24) is 5.32 Å². The number of carbonyl (C=O) groups is 1. The molecular formula is C18H20FNO3. The van der Waals surface area contributed by atoms with Crippen LogP contribution < -0.4 is 14.8 Å². The summed E-state index contributed by atoms with van der Waals surface area (Å²) < 4.78 is 23.8. The van der Waals surface area contributed by atoms with Crippen LogP contribution in [0.3, 0.4) is 0 Å². The number of hydrogen-bond acceptors (Lipinski definition) is 3. The molecule has 0 bridgehead atoms. The fourth-order valence-corrected chi connectivity index (χ4v) is 2.46. The van der Waals surface area contributed by atoms with E-state index >= 15 is 0 Å². The summed E-state index contributed by atoms with van der Waals surface area (Å²) in [5.41, 5.74) is 2.38. The van der Waals surface area contributed by atoms with E-state index in [-0.39, 0.29) is 18.1 Å². The number of benzene rings is 2. The normalized spacial score (nSPS) is 10.3. The highest BCUT2D eigenvalue weighted by Gasteiger charge is 2.12. The first kappa shape index (κ1) is 16.8. The minimum Gasteiger partial charge on any atom is -0.496 e. The van der Waals surface area contributed by atoms with Crippen LogP contribution in [0.4, 0.5) is 4.39 Å². The first-order chi connectivity index (χ1) is 11.0. The standard InChI is InChI=1S/C18H20FNO3/c1-12-16(22-2)8-7-14(18(12)23-3)11-20-17(21)10-13-5-4-6-15(19)9-13/h4-9H,10-11H2,1-3H3,(H,20,21). The Morgan fingerprint density at radius 2 is 1.96 bits per heavy atom. The van der Waals surface area contributed by atoms with Crippen molar-refractivity contribution in [2.75, 3.05) is 14.2 Å². The van der Waals surface area contributed by atoms with Crippen LogP contribution in [0.2, 0.25) is 0 Å². The van der Waals surface area contributed by atoms with Crippen LogP contribution in [0.15, 0.2) is 36.4 Å². The zero-order chi connectivity index (χ0) is 16.8. The topological polar surface area (TPSA) is 47.6 Å². The zero-order valence-corrected chi connectivity index (χ0v) is 13.5. The molecule has 4 nitrogen and oxygen atoms in total. The number of amides is 1. The van der Waals surface area contributed by atoms with Crippen LogP contribution in [-0.4, -0.2) is 20.1 Å². The Labute approximate surface area is 135 Å². The second-order valence-corrected chi connectivity index (χ2v) is 5.17. The van der Waals surface area contributed by atoms with Crippen LogP contribution in [0.1, 0.15) is 16.7 Å². The zero-order valence-electron chi connectivity index (χ0n) is 13.5. The Morgan fingerprint density at radius 1 is 1.17 bits per heavy atom. The largest absolute Gasteiger partial charge is 0.496 e. The molecule has 0 aliphatic carbocycles. The van der Waals surface area contributed by atoms with E-state index in [1.165, 1.54) is 12.1 Å². The lowest BCUT2D eigenvalue weighted by atomic mass is 10.1. The van der Waals surface area contributed by atoms with Gasteiger partial charge in [0.15, 0.2) is 0 Å². The molecule has 0 aliphatic heterocycles. The van der Waals surface area contributed by atoms with Crippen molar-refractivity contribution in [1.29, 1.82) is 0 Å². The maximum absolute atomic E-state index is 13.1. The second-order valence-electron chi connectivity index (χ2n) is 5.17. The molecule has 1 amide bonds. The van der Waals surface area contributed by atoms with Gasteiger partial charge in [-0.15, -0.1) is 0 Å². The Morgan fingerprint density at radius 3 is 2.61 bits per heavy atom. The number of ether oxygens (including phenoxy) is 2. The van der Waals surface area contributed by atoms with Gasteiger partial charge >= 0.3 is 0 Å². The number of hydrogen-bond donors (Lipinski definition) is 1. The minimum atomic E-state index is -0.345. The van der Waals surface area contributed by atoms with Crippen LogP contribution in [0, 0.1) is 12.7 Å². The molecule has 0 radical (unpaired) electrons. The van der Waals surface area contributed by atoms with Gasteiger partial charge in [-0.1, -0.05) is 12.1 Å². The molecule has 0 spiro atoms. The van der Waals surface area contributed by atoms with Gasteiger partial charge < -0.3 is 14.8 Å². The quantitative estimate of drug-likeness (QED) is 0.891. The lowest BCUT2D eigenvalue weighted by Gasteiger charge is -2.15. The molecule has 1 N–H and O–H groups in total. The highest BCUT2D eigenvalue weighted by atomic mass is 19.1. The monoisotopic (exact) mass is 317 g/mol. The van der Waals surface area contributed by atoms with Gasteiger partial charge in [0.25, 0.3) is 0 Å². The maximum Gasteiger partial charge on any atom is 0.224 e. The molecule has 5 heteroatoms. The van der Waals surface area contributed by atoms with Gasteiger partial charge in [0.05, 0.1) is 20.6 Å². The summed E-state index contributed by atoms with van der Waals surface area (Å²) in [7, 11) is 3.18. The Bertz CT molecular complexity index is 701. The predicted molar refractivity (Wildman–Crippen MR) is 86.2 cm³/mol. The van der Waals surface area contributed by atoms with Crippen molar-refractivity contribution in [3.8, 4) is 11.5 Å². The average molecular weight is 317 g/mol. The third-order valence-electron chi connectivity index (χ3n) is 3.59. The molecule has 0 fully saturated rings. The summed E-state index contributed by atoms with van der Waals surface area (Å²) in [6.07, 6.45) is 0.134. The molecule has 23 heavy (non-hydrogen) atoms. The smallest absolute Gasteiger partial charge is 0.224 e. The summed E-state index contributed by atoms with van der Waals surface area (Å²) in [5, 5.41) is 2.82. The molecule has 0 saturated carbocycles. The molecule has 0 aliphatic rings. The van der Waals surface area contributed by atoms with Crippen molar-refractivity contribution >= 4 is 5.91 Å². The summed E-state index contributed by atoms with van der Waals surface area (Å²) in [6.45, 7) is 2.23. The van der Waals surface area contributed by atoms with Gasteiger partial charge in [-0.05, 0) is 36.8 Å². The van der Waals surface area contributed by atoms with Crippen LogP contribution >= 0.6 is 0 Å². The van der Waals surface area contributed by atoms with Gasteiger partial charge in [-0.25, -0.2) is 4.39 Å². The van der Waals surface area contributed by atoms with Crippen LogP contribution in [-0.2, 0) is 17.8 Å². The third-order valence-corrected chi connectivity index (χ3v) is 3.59. The minimum absolute atomic E-state index is 0.134. The van der Waals surface area contributed by atoms with E-state index in [2.05, 4.69) is 5.32 Å². The van der Waals surface area contributed by atoms with Gasteiger partial charge in [-0.3, -0.25) is 4.79 Å². The van der Waals surface area contributed by atoms with Gasteiger partial charge in [-0.2, -0.15) is 0 Å². The maximum atomic E-state index is 13.1. The van der Waals surface area contributed by atoms with Gasteiger partial charge in [0, 0.05) is 17.7 Å². The Kier molecular flexibility index (Phi) is 5.57. The highest BCUT2D eigenvalue weighted by Crippen LogP contribution is 2.31. The van der Waals surface area contributed by atoms with E-state index in [1.54, 1.807) is 26.4 Å². The molecule has 0 saturated heterocycles. The number of carbonyl (C=O) groups excluding carboxylic acids is 1. The summed E-state index contributed by atoms with van der Waals surface area (Å²) in [6, 6.07) is 9.72. The molecule has 2 aromatic carbocycles. The molecule has 0 unspecified atom stereocenters. The van der Waals surface area contributed by atoms with Crippen molar-refractivity contribution in [2.24, 2.45) is 0 Å². The molecule has 0 aromatic heterocycles. The molecular weight excluding hydrogens is 297 g/mol. The van der Waals surface area contributed by atoms with E-state index in [1.807, 2.05) is 19.1 Å². The van der Waals surface area contributed by atoms with Crippen molar-refractivity contribution in [3.05, 3.63) is 58.9 Å². The van der Waals surface area contributed by atoms with Crippen molar-refractivity contribution in [3.63, 3.8) is 0 Å². The SMILES string of the molecule is COc1ccc(CNC(=O)Cc2cccc(F)c2)c(OC)c1C. The molecule has 0 atom stereocenters. The first-order valence-corrected chi connectivity index (χ1v) is 7.26. The fraction of sp³-hybridized carbons (Fsp3) is 0.278. The van der Waals surface area contributed by atoms with Crippen LogP contribution in [0.5, 0.6) is 11.5 Å². The van der Waals surface area contributed by atoms with E-state index in [9.17, 15) is 9.18 Å². The highest BCUT2D eigenvalue weighted by molar-refractivity contribution is 5.78. The number of methoxy groups -OCH3 is 2. The molecule has 2 aromatic rings. The molecule has 122 valence electrons. The van der Waals surface area contributed by atoms with Gasteiger partial charge in [0.2, 0.25) is 5.91 Å². The van der Waals surface area contributed by atoms with Gasteiger partial charge in [0.1, 0.15) is 17.3 Å². The number of rotatable bonds is 6.